The summed E-state index contributed by atoms with van der Waals surface area (Å²) in [6.45, 7) is 12.0. The molecule has 27 heavy (non-hydrogen) atoms. The number of nitrogens with zero attached hydrogens (tertiary/aromatic N) is 3. The van der Waals surface area contributed by atoms with Gasteiger partial charge in [-0.25, -0.2) is 4.98 Å². The Bertz CT molecular complexity index is 840. The molecule has 144 valence electrons. The van der Waals surface area contributed by atoms with Gasteiger partial charge in [-0.1, -0.05) is 63.7 Å². The van der Waals surface area contributed by atoms with Crippen LogP contribution in [0, 0.1) is 23.2 Å². The molecule has 0 atom stereocenters. The Kier molecular flexibility index (Phi) is 7.64. The summed E-state index contributed by atoms with van der Waals surface area (Å²) >= 11 is 1.35. The SMILES string of the molecule is CSc1nc(-c2ccc(CN(CC(C)C)CC(C)C)cc2)c(C#N)c(=O)[nH]1. The summed E-state index contributed by atoms with van der Waals surface area (Å²) in [6, 6.07) is 10.0. The van der Waals surface area contributed by atoms with E-state index in [1.165, 1.54) is 17.3 Å². The highest BCUT2D eigenvalue weighted by atomic mass is 32.2. The van der Waals surface area contributed by atoms with Gasteiger partial charge in [0.1, 0.15) is 11.6 Å². The average Bonchev–Trinajstić information content (AvgIpc) is 2.60. The summed E-state index contributed by atoms with van der Waals surface area (Å²) in [5, 5.41) is 9.85. The molecule has 2 aromatic rings. The van der Waals surface area contributed by atoms with Gasteiger partial charge in [-0.2, -0.15) is 5.26 Å². The minimum absolute atomic E-state index is 0.0572. The van der Waals surface area contributed by atoms with Crippen molar-refractivity contribution < 1.29 is 0 Å². The number of nitriles is 1. The Balaban J connectivity index is 2.28. The zero-order valence-electron chi connectivity index (χ0n) is 16.7. The summed E-state index contributed by atoms with van der Waals surface area (Å²) in [6.07, 6.45) is 1.84. The fourth-order valence-corrected chi connectivity index (χ4v) is 3.50. The Morgan fingerprint density at radius 1 is 1.15 bits per heavy atom. The molecule has 2 rings (SSSR count). The molecule has 1 aromatic carbocycles. The van der Waals surface area contributed by atoms with Gasteiger partial charge in [-0.15, -0.1) is 0 Å². The molecule has 6 heteroatoms. The molecule has 0 saturated heterocycles. The molecule has 0 radical (unpaired) electrons. The first kappa shape index (κ1) is 21.2. The van der Waals surface area contributed by atoms with Gasteiger partial charge in [-0.05, 0) is 23.7 Å². The molecule has 5 nitrogen and oxygen atoms in total. The predicted molar refractivity (Wildman–Crippen MR) is 112 cm³/mol. The van der Waals surface area contributed by atoms with Gasteiger partial charge < -0.3 is 4.98 Å². The van der Waals surface area contributed by atoms with Crippen molar-refractivity contribution in [3.8, 4) is 17.3 Å². The third-order valence-corrected chi connectivity index (χ3v) is 4.66. The highest BCUT2D eigenvalue weighted by molar-refractivity contribution is 7.98. The van der Waals surface area contributed by atoms with Crippen LogP contribution in [0.4, 0.5) is 0 Å². The molecule has 0 amide bonds. The van der Waals surface area contributed by atoms with E-state index in [1.807, 2.05) is 24.5 Å². The molecule has 0 fully saturated rings. The van der Waals surface area contributed by atoms with Gasteiger partial charge in [0.2, 0.25) is 0 Å². The van der Waals surface area contributed by atoms with E-state index in [0.29, 0.717) is 22.7 Å². The largest absolute Gasteiger partial charge is 0.300 e. The van der Waals surface area contributed by atoms with Gasteiger partial charge in [-0.3, -0.25) is 9.69 Å². The molecular formula is C21H28N4OS. The standard InChI is InChI=1S/C21H28N4OS/c1-14(2)11-25(12-15(3)4)13-16-6-8-17(9-7-16)19-18(10-22)20(26)24-21(23-19)27-5/h6-9,14-15H,11-13H2,1-5H3,(H,23,24,26). The Morgan fingerprint density at radius 2 is 1.74 bits per heavy atom. The maximum Gasteiger partial charge on any atom is 0.270 e. The molecule has 1 heterocycles. The number of aromatic nitrogens is 2. The lowest BCUT2D eigenvalue weighted by atomic mass is 10.0. The van der Waals surface area contributed by atoms with E-state index in [0.717, 1.165) is 25.2 Å². The first-order valence-electron chi connectivity index (χ1n) is 9.24. The van der Waals surface area contributed by atoms with E-state index in [1.54, 1.807) is 0 Å². The fourth-order valence-electron chi connectivity index (χ4n) is 3.12. The maximum atomic E-state index is 12.1. The van der Waals surface area contributed by atoms with Gasteiger partial charge >= 0.3 is 0 Å². The van der Waals surface area contributed by atoms with Crippen LogP contribution in [-0.2, 0) is 6.54 Å². The minimum atomic E-state index is -0.393. The number of rotatable bonds is 8. The van der Waals surface area contributed by atoms with Crippen LogP contribution in [0.25, 0.3) is 11.3 Å². The van der Waals surface area contributed by atoms with Crippen molar-refractivity contribution in [2.45, 2.75) is 39.4 Å². The highest BCUT2D eigenvalue weighted by Crippen LogP contribution is 2.22. The molecule has 0 aliphatic heterocycles. The van der Waals surface area contributed by atoms with Crippen LogP contribution in [0.15, 0.2) is 34.2 Å². The Morgan fingerprint density at radius 3 is 2.22 bits per heavy atom. The topological polar surface area (TPSA) is 72.8 Å². The summed E-state index contributed by atoms with van der Waals surface area (Å²) in [7, 11) is 0. The zero-order valence-corrected chi connectivity index (χ0v) is 17.6. The van der Waals surface area contributed by atoms with Crippen molar-refractivity contribution in [3.05, 3.63) is 45.7 Å². The first-order chi connectivity index (χ1) is 12.8. The van der Waals surface area contributed by atoms with E-state index in [4.69, 9.17) is 0 Å². The third-order valence-electron chi connectivity index (χ3n) is 4.08. The number of benzene rings is 1. The van der Waals surface area contributed by atoms with Crippen LogP contribution in [0.1, 0.15) is 38.8 Å². The number of nitrogens with one attached hydrogen (secondary N) is 1. The van der Waals surface area contributed by atoms with E-state index in [-0.39, 0.29) is 5.56 Å². The summed E-state index contributed by atoms with van der Waals surface area (Å²) in [5.41, 5.74) is 2.11. The second-order valence-electron chi connectivity index (χ2n) is 7.59. The highest BCUT2D eigenvalue weighted by Gasteiger charge is 2.14. The molecule has 0 spiro atoms. The molecule has 0 aliphatic rings. The molecule has 0 unspecified atom stereocenters. The number of aromatic amines is 1. The van der Waals surface area contributed by atoms with Crippen molar-refractivity contribution in [2.75, 3.05) is 19.3 Å². The van der Waals surface area contributed by atoms with Crippen LogP contribution in [0.5, 0.6) is 0 Å². The van der Waals surface area contributed by atoms with E-state index >= 15 is 0 Å². The van der Waals surface area contributed by atoms with Gasteiger partial charge in [0.05, 0.1) is 5.69 Å². The van der Waals surface area contributed by atoms with E-state index < -0.39 is 5.56 Å². The van der Waals surface area contributed by atoms with Crippen LogP contribution in [0.2, 0.25) is 0 Å². The molecule has 0 aliphatic carbocycles. The summed E-state index contributed by atoms with van der Waals surface area (Å²) in [4.78, 5) is 21.6. The zero-order chi connectivity index (χ0) is 20.0. The summed E-state index contributed by atoms with van der Waals surface area (Å²) < 4.78 is 0. The number of thioether (sulfide) groups is 1. The first-order valence-corrected chi connectivity index (χ1v) is 10.5. The van der Waals surface area contributed by atoms with Gasteiger partial charge in [0, 0.05) is 25.2 Å². The predicted octanol–water partition coefficient (Wildman–Crippen LogP) is 4.14. The van der Waals surface area contributed by atoms with Crippen molar-refractivity contribution >= 4 is 11.8 Å². The molecule has 1 aromatic heterocycles. The molecular weight excluding hydrogens is 356 g/mol. The number of H-pyrrole nitrogens is 1. The molecule has 0 bridgehead atoms. The Hall–Kier alpha value is -2.10. The van der Waals surface area contributed by atoms with E-state index in [9.17, 15) is 10.1 Å². The van der Waals surface area contributed by atoms with Crippen molar-refractivity contribution in [1.82, 2.24) is 14.9 Å². The average molecular weight is 385 g/mol. The second kappa shape index (κ2) is 9.72. The fraction of sp³-hybridized carbons (Fsp3) is 0.476. The maximum absolute atomic E-state index is 12.1. The number of hydrogen-bond donors (Lipinski definition) is 1. The van der Waals surface area contributed by atoms with E-state index in [2.05, 4.69) is 54.7 Å². The Labute approximate surface area is 165 Å². The minimum Gasteiger partial charge on any atom is -0.300 e. The van der Waals surface area contributed by atoms with Crippen LogP contribution in [-0.4, -0.2) is 34.2 Å². The smallest absolute Gasteiger partial charge is 0.270 e. The van der Waals surface area contributed by atoms with Crippen molar-refractivity contribution in [1.29, 1.82) is 5.26 Å². The lowest BCUT2D eigenvalue weighted by Gasteiger charge is -2.26. The monoisotopic (exact) mass is 384 g/mol. The second-order valence-corrected chi connectivity index (χ2v) is 8.38. The normalized spacial score (nSPS) is 11.4. The van der Waals surface area contributed by atoms with Crippen molar-refractivity contribution in [3.63, 3.8) is 0 Å². The quantitative estimate of drug-likeness (QED) is 0.547. The van der Waals surface area contributed by atoms with Gasteiger partial charge in [0.15, 0.2) is 5.16 Å². The lowest BCUT2D eigenvalue weighted by molar-refractivity contribution is 0.211. The van der Waals surface area contributed by atoms with Crippen molar-refractivity contribution in [2.24, 2.45) is 11.8 Å². The molecule has 1 N–H and O–H groups in total. The van der Waals surface area contributed by atoms with Crippen LogP contribution in [0.3, 0.4) is 0 Å². The lowest BCUT2D eigenvalue weighted by Crippen LogP contribution is -2.30. The number of hydrogen-bond acceptors (Lipinski definition) is 5. The molecule has 0 saturated carbocycles. The summed E-state index contributed by atoms with van der Waals surface area (Å²) in [5.74, 6) is 1.23. The van der Waals surface area contributed by atoms with Crippen LogP contribution < -0.4 is 5.56 Å². The van der Waals surface area contributed by atoms with Crippen LogP contribution >= 0.6 is 11.8 Å². The third kappa shape index (κ3) is 5.95. The van der Waals surface area contributed by atoms with Gasteiger partial charge in [0.25, 0.3) is 5.56 Å².